The fraction of sp³-hybridized carbons (Fsp3) is 0.222. The summed E-state index contributed by atoms with van der Waals surface area (Å²) >= 11 is 4.05. The molecule has 0 unspecified atom stereocenters. The largest absolute Gasteiger partial charge is 0.459 e. The zero-order chi connectivity index (χ0) is 13.8. The van der Waals surface area contributed by atoms with Crippen LogP contribution in [0.25, 0.3) is 0 Å². The lowest BCUT2D eigenvalue weighted by atomic mass is 10.7. The SMILES string of the molecule is CCOC(=O)c1nnc(Sc2nc[nH]c(=O)c2Br)o1. The molecule has 0 radical (unpaired) electrons. The van der Waals surface area contributed by atoms with E-state index in [0.717, 1.165) is 11.8 Å². The molecule has 0 fully saturated rings. The Hall–Kier alpha value is -1.68. The maximum absolute atomic E-state index is 11.3. The van der Waals surface area contributed by atoms with E-state index in [1.54, 1.807) is 6.92 Å². The van der Waals surface area contributed by atoms with Gasteiger partial charge in [0, 0.05) is 0 Å². The predicted octanol–water partition coefficient (Wildman–Crippen LogP) is 1.24. The molecule has 2 aromatic heterocycles. The van der Waals surface area contributed by atoms with Gasteiger partial charge in [0.05, 0.1) is 12.9 Å². The van der Waals surface area contributed by atoms with Crippen molar-refractivity contribution in [3.63, 3.8) is 0 Å². The maximum atomic E-state index is 11.3. The Bertz CT molecular complexity index is 656. The number of nitrogens with zero attached hydrogens (tertiary/aromatic N) is 3. The molecule has 19 heavy (non-hydrogen) atoms. The molecule has 0 atom stereocenters. The van der Waals surface area contributed by atoms with E-state index in [4.69, 9.17) is 9.15 Å². The quantitative estimate of drug-likeness (QED) is 0.650. The molecule has 0 amide bonds. The standard InChI is InChI=1S/C9H7BrN4O4S/c1-2-17-8(16)6-13-14-9(18-6)19-7-4(10)5(15)11-3-12-7/h3H,2H2,1H3,(H,11,12,15). The summed E-state index contributed by atoms with van der Waals surface area (Å²) in [4.78, 5) is 29.0. The number of aromatic nitrogens is 4. The lowest BCUT2D eigenvalue weighted by molar-refractivity contribution is 0.0475. The van der Waals surface area contributed by atoms with Crippen molar-refractivity contribution in [2.75, 3.05) is 6.61 Å². The molecule has 2 rings (SSSR count). The third-order valence-electron chi connectivity index (χ3n) is 1.81. The Balaban J connectivity index is 2.18. The van der Waals surface area contributed by atoms with Crippen molar-refractivity contribution in [1.82, 2.24) is 20.2 Å². The first kappa shape index (κ1) is 13.7. The van der Waals surface area contributed by atoms with Gasteiger partial charge in [0.2, 0.25) is 0 Å². The lowest BCUT2D eigenvalue weighted by Gasteiger charge is -1.97. The second kappa shape index (κ2) is 5.97. The highest BCUT2D eigenvalue weighted by Crippen LogP contribution is 2.28. The van der Waals surface area contributed by atoms with Gasteiger partial charge < -0.3 is 14.1 Å². The Kier molecular flexibility index (Phi) is 4.32. The van der Waals surface area contributed by atoms with Crippen molar-refractivity contribution in [2.24, 2.45) is 0 Å². The molecule has 0 saturated carbocycles. The topological polar surface area (TPSA) is 111 Å². The van der Waals surface area contributed by atoms with Crippen LogP contribution in [0.4, 0.5) is 0 Å². The van der Waals surface area contributed by atoms with E-state index >= 15 is 0 Å². The van der Waals surface area contributed by atoms with Crippen molar-refractivity contribution in [3.05, 3.63) is 27.0 Å². The molecule has 0 bridgehead atoms. The van der Waals surface area contributed by atoms with Crippen LogP contribution in [0.15, 0.2) is 30.3 Å². The molecular formula is C9H7BrN4O4S. The van der Waals surface area contributed by atoms with Gasteiger partial charge in [-0.1, -0.05) is 5.10 Å². The first-order valence-corrected chi connectivity index (χ1v) is 6.64. The molecule has 2 heterocycles. The van der Waals surface area contributed by atoms with Crippen molar-refractivity contribution in [3.8, 4) is 0 Å². The van der Waals surface area contributed by atoms with Gasteiger partial charge >= 0.3 is 11.9 Å². The highest BCUT2D eigenvalue weighted by atomic mass is 79.9. The minimum absolute atomic E-state index is 0.0850. The fourth-order valence-corrected chi connectivity index (χ4v) is 2.16. The average Bonchev–Trinajstić information content (AvgIpc) is 2.84. The molecule has 100 valence electrons. The van der Waals surface area contributed by atoms with Crippen LogP contribution in [0, 0.1) is 0 Å². The number of carbonyl (C=O) groups is 1. The molecule has 0 aliphatic rings. The summed E-state index contributed by atoms with van der Waals surface area (Å²) in [6.07, 6.45) is 1.25. The van der Waals surface area contributed by atoms with Crippen LogP contribution >= 0.6 is 27.7 Å². The minimum Gasteiger partial charge on any atom is -0.459 e. The smallest absolute Gasteiger partial charge is 0.396 e. The molecule has 8 nitrogen and oxygen atoms in total. The Morgan fingerprint density at radius 1 is 1.58 bits per heavy atom. The number of carbonyl (C=O) groups excluding carboxylic acids is 1. The van der Waals surface area contributed by atoms with Crippen LogP contribution in [0.2, 0.25) is 0 Å². The molecule has 0 aliphatic carbocycles. The van der Waals surface area contributed by atoms with Crippen molar-refractivity contribution in [2.45, 2.75) is 17.2 Å². The van der Waals surface area contributed by atoms with E-state index in [1.165, 1.54) is 6.33 Å². The van der Waals surface area contributed by atoms with Gasteiger partial charge in [0.1, 0.15) is 9.50 Å². The van der Waals surface area contributed by atoms with Crippen molar-refractivity contribution < 1.29 is 13.9 Å². The lowest BCUT2D eigenvalue weighted by Crippen LogP contribution is -2.07. The van der Waals surface area contributed by atoms with Crippen LogP contribution < -0.4 is 5.56 Å². The van der Waals surface area contributed by atoms with Crippen LogP contribution in [-0.4, -0.2) is 32.7 Å². The van der Waals surface area contributed by atoms with E-state index in [9.17, 15) is 9.59 Å². The van der Waals surface area contributed by atoms with Gasteiger partial charge in [0.15, 0.2) is 0 Å². The van der Waals surface area contributed by atoms with Crippen LogP contribution in [0.3, 0.4) is 0 Å². The monoisotopic (exact) mass is 346 g/mol. The normalized spacial score (nSPS) is 10.4. The minimum atomic E-state index is -0.695. The van der Waals surface area contributed by atoms with Gasteiger partial charge in [-0.25, -0.2) is 9.78 Å². The highest BCUT2D eigenvalue weighted by Gasteiger charge is 2.18. The maximum Gasteiger partial charge on any atom is 0.396 e. The number of ether oxygens (including phenoxy) is 1. The number of hydrogen-bond donors (Lipinski definition) is 1. The number of hydrogen-bond acceptors (Lipinski definition) is 8. The molecule has 1 N–H and O–H groups in total. The Morgan fingerprint density at radius 2 is 2.37 bits per heavy atom. The zero-order valence-electron chi connectivity index (χ0n) is 9.55. The first-order valence-electron chi connectivity index (χ1n) is 5.03. The third kappa shape index (κ3) is 3.20. The van der Waals surface area contributed by atoms with Crippen LogP contribution in [0.1, 0.15) is 17.6 Å². The molecular weight excluding hydrogens is 340 g/mol. The Labute approximate surface area is 119 Å². The van der Waals surface area contributed by atoms with E-state index in [0.29, 0.717) is 5.03 Å². The molecule has 10 heteroatoms. The van der Waals surface area contributed by atoms with E-state index in [2.05, 4.69) is 36.1 Å². The third-order valence-corrected chi connectivity index (χ3v) is 3.65. The van der Waals surface area contributed by atoms with Gasteiger partial charge in [-0.05, 0) is 34.6 Å². The summed E-state index contributed by atoms with van der Waals surface area (Å²) in [5, 5.41) is 7.63. The average molecular weight is 347 g/mol. The number of aromatic amines is 1. The van der Waals surface area contributed by atoms with Gasteiger partial charge in [0.25, 0.3) is 10.8 Å². The number of esters is 1. The van der Waals surface area contributed by atoms with Crippen molar-refractivity contribution in [1.29, 1.82) is 0 Å². The summed E-state index contributed by atoms with van der Waals surface area (Å²) in [5.41, 5.74) is -0.331. The predicted molar refractivity (Wildman–Crippen MR) is 66.9 cm³/mol. The van der Waals surface area contributed by atoms with Gasteiger partial charge in [-0.2, -0.15) is 0 Å². The molecule has 0 aliphatic heterocycles. The van der Waals surface area contributed by atoms with Crippen LogP contribution in [-0.2, 0) is 4.74 Å². The second-order valence-corrected chi connectivity index (χ2v) is 4.78. The van der Waals surface area contributed by atoms with Crippen LogP contribution in [0.5, 0.6) is 0 Å². The fourth-order valence-electron chi connectivity index (χ4n) is 1.05. The number of halogens is 1. The van der Waals surface area contributed by atoms with Gasteiger partial charge in [-0.15, -0.1) is 5.10 Å². The van der Waals surface area contributed by atoms with E-state index < -0.39 is 5.97 Å². The summed E-state index contributed by atoms with van der Waals surface area (Å²) in [6.45, 7) is 1.88. The number of H-pyrrole nitrogens is 1. The zero-order valence-corrected chi connectivity index (χ0v) is 11.9. The molecule has 0 saturated heterocycles. The number of rotatable bonds is 4. The highest BCUT2D eigenvalue weighted by molar-refractivity contribution is 9.10. The van der Waals surface area contributed by atoms with E-state index in [1.807, 2.05) is 0 Å². The summed E-state index contributed by atoms with van der Waals surface area (Å²) in [5.74, 6) is -0.940. The van der Waals surface area contributed by atoms with Crippen molar-refractivity contribution >= 4 is 33.7 Å². The summed E-state index contributed by atoms with van der Waals surface area (Å²) < 4.78 is 10.0. The molecule has 0 aromatic carbocycles. The van der Waals surface area contributed by atoms with Gasteiger partial charge in [-0.3, -0.25) is 4.79 Å². The van der Waals surface area contributed by atoms with E-state index in [-0.39, 0.29) is 27.8 Å². The second-order valence-electron chi connectivity index (χ2n) is 3.05. The first-order chi connectivity index (χ1) is 9.11. The molecule has 0 spiro atoms. The summed E-state index contributed by atoms with van der Waals surface area (Å²) in [7, 11) is 0. The summed E-state index contributed by atoms with van der Waals surface area (Å²) in [6, 6.07) is 0. The number of nitrogens with one attached hydrogen (secondary N) is 1. The Morgan fingerprint density at radius 3 is 3.11 bits per heavy atom. The molecule has 2 aromatic rings.